The quantitative estimate of drug-likeness (QED) is 0.637. The number of hydrogen-bond acceptors (Lipinski definition) is 4. The third-order valence-electron chi connectivity index (χ3n) is 5.87. The summed E-state index contributed by atoms with van der Waals surface area (Å²) in [6, 6.07) is 23.2. The Kier molecular flexibility index (Phi) is 4.27. The summed E-state index contributed by atoms with van der Waals surface area (Å²) in [5, 5.41) is 0. The smallest absolute Gasteiger partial charge is 0.274 e. The van der Waals surface area contributed by atoms with Crippen LogP contribution >= 0.6 is 0 Å². The Morgan fingerprint density at radius 3 is 2.35 bits per heavy atom. The van der Waals surface area contributed by atoms with Gasteiger partial charge in [-0.3, -0.25) is 14.5 Å². The highest BCUT2D eigenvalue weighted by Crippen LogP contribution is 2.52. The molecule has 1 fully saturated rings. The van der Waals surface area contributed by atoms with Crippen LogP contribution in [0.2, 0.25) is 0 Å². The molecule has 0 bridgehead atoms. The molecule has 156 valence electrons. The number of nitrogens with zero attached hydrogens (tertiary/aromatic N) is 2. The van der Waals surface area contributed by atoms with E-state index in [9.17, 15) is 18.0 Å². The van der Waals surface area contributed by atoms with Crippen molar-refractivity contribution in [2.75, 3.05) is 15.6 Å². The Bertz CT molecular complexity index is 1320. The summed E-state index contributed by atoms with van der Waals surface area (Å²) in [6.07, 6.45) is 0. The van der Waals surface area contributed by atoms with E-state index >= 15 is 0 Å². The third kappa shape index (κ3) is 2.66. The first-order valence-electron chi connectivity index (χ1n) is 9.94. The minimum atomic E-state index is -4.15. The summed E-state index contributed by atoms with van der Waals surface area (Å²) in [7, 11) is -4.15. The summed E-state index contributed by atoms with van der Waals surface area (Å²) in [6.45, 7) is 2.07. The number of anilines is 2. The number of aryl methyl sites for hydroxylation is 1. The summed E-state index contributed by atoms with van der Waals surface area (Å²) >= 11 is 0. The Labute approximate surface area is 180 Å². The van der Waals surface area contributed by atoms with Crippen LogP contribution in [-0.2, 0) is 30.8 Å². The first-order chi connectivity index (χ1) is 14.9. The molecule has 5 rings (SSSR count). The summed E-state index contributed by atoms with van der Waals surface area (Å²) in [5.41, 5.74) is 2.96. The maximum absolute atomic E-state index is 14.0. The molecule has 2 heterocycles. The van der Waals surface area contributed by atoms with Crippen molar-refractivity contribution in [2.45, 2.75) is 18.3 Å². The molecule has 1 spiro atoms. The Morgan fingerprint density at radius 1 is 0.903 bits per heavy atom. The van der Waals surface area contributed by atoms with Crippen LogP contribution in [0.1, 0.15) is 16.7 Å². The standard InChI is InChI=1S/C24H20N2O4S/c1-17-8-7-11-19(14-17)26-22(27)16-31(29,30)24(26)20-12-5-6-13-21(20)25(23(24)28)15-18-9-3-2-4-10-18/h2-14H,15-16H2,1H3. The number of benzene rings is 3. The van der Waals surface area contributed by atoms with Gasteiger partial charge in [0.25, 0.3) is 10.8 Å². The average Bonchev–Trinajstić information content (AvgIpc) is 3.12. The van der Waals surface area contributed by atoms with Gasteiger partial charge in [-0.05, 0) is 36.2 Å². The Morgan fingerprint density at radius 2 is 1.61 bits per heavy atom. The minimum Gasteiger partial charge on any atom is -0.304 e. The molecule has 0 radical (unpaired) electrons. The highest BCUT2D eigenvalue weighted by atomic mass is 32.2. The lowest BCUT2D eigenvalue weighted by Gasteiger charge is -2.32. The van der Waals surface area contributed by atoms with Gasteiger partial charge in [0.15, 0.2) is 9.84 Å². The number of hydrogen-bond donors (Lipinski definition) is 0. The molecule has 0 saturated carbocycles. The summed E-state index contributed by atoms with van der Waals surface area (Å²) in [5.74, 6) is -1.93. The maximum Gasteiger partial charge on any atom is 0.274 e. The number of carbonyl (C=O) groups is 2. The molecule has 3 aromatic carbocycles. The molecule has 1 saturated heterocycles. The van der Waals surface area contributed by atoms with Crippen molar-refractivity contribution >= 4 is 33.0 Å². The van der Waals surface area contributed by atoms with E-state index in [1.165, 1.54) is 9.80 Å². The molecule has 1 atom stereocenters. The molecular formula is C24H20N2O4S. The largest absolute Gasteiger partial charge is 0.304 e. The summed E-state index contributed by atoms with van der Waals surface area (Å²) < 4.78 is 27.1. The van der Waals surface area contributed by atoms with E-state index in [0.717, 1.165) is 11.1 Å². The molecule has 7 heteroatoms. The van der Waals surface area contributed by atoms with Crippen molar-refractivity contribution < 1.29 is 18.0 Å². The van der Waals surface area contributed by atoms with Crippen LogP contribution in [0, 0.1) is 6.92 Å². The van der Waals surface area contributed by atoms with E-state index < -0.39 is 32.3 Å². The van der Waals surface area contributed by atoms with Gasteiger partial charge in [-0.2, -0.15) is 0 Å². The monoisotopic (exact) mass is 432 g/mol. The van der Waals surface area contributed by atoms with Crippen LogP contribution in [0.3, 0.4) is 0 Å². The SMILES string of the molecule is Cc1cccc(N2C(=O)CS(=O)(=O)C23C(=O)N(Cc2ccccc2)c2ccccc23)c1. The number of para-hydroxylation sites is 1. The van der Waals surface area contributed by atoms with Crippen molar-refractivity contribution in [3.8, 4) is 0 Å². The lowest BCUT2D eigenvalue weighted by molar-refractivity contribution is -0.123. The van der Waals surface area contributed by atoms with E-state index in [1.807, 2.05) is 43.3 Å². The first-order valence-corrected chi connectivity index (χ1v) is 11.6. The van der Waals surface area contributed by atoms with Gasteiger partial charge in [0.2, 0.25) is 5.91 Å². The molecule has 2 aliphatic rings. The van der Waals surface area contributed by atoms with Crippen molar-refractivity contribution in [1.29, 1.82) is 0 Å². The second-order valence-electron chi connectivity index (χ2n) is 7.87. The molecule has 31 heavy (non-hydrogen) atoms. The zero-order valence-electron chi connectivity index (χ0n) is 16.9. The molecule has 6 nitrogen and oxygen atoms in total. The van der Waals surface area contributed by atoms with Gasteiger partial charge in [0.05, 0.1) is 12.2 Å². The Balaban J connectivity index is 1.76. The van der Waals surface area contributed by atoms with Gasteiger partial charge >= 0.3 is 0 Å². The van der Waals surface area contributed by atoms with Gasteiger partial charge in [-0.25, -0.2) is 8.42 Å². The second kappa shape index (κ2) is 6.78. The molecule has 3 aromatic rings. The fourth-order valence-corrected chi connectivity index (χ4v) is 6.61. The van der Waals surface area contributed by atoms with Crippen molar-refractivity contribution in [2.24, 2.45) is 0 Å². The molecule has 0 aromatic heterocycles. The highest BCUT2D eigenvalue weighted by Gasteiger charge is 2.69. The topological polar surface area (TPSA) is 74.8 Å². The average molecular weight is 433 g/mol. The number of amides is 2. The van der Waals surface area contributed by atoms with Gasteiger partial charge in [-0.15, -0.1) is 0 Å². The van der Waals surface area contributed by atoms with E-state index in [4.69, 9.17) is 0 Å². The minimum absolute atomic E-state index is 0.212. The van der Waals surface area contributed by atoms with Crippen LogP contribution in [0.15, 0.2) is 78.9 Å². The van der Waals surface area contributed by atoms with Crippen LogP contribution in [0.25, 0.3) is 0 Å². The fourth-order valence-electron chi connectivity index (χ4n) is 4.58. The predicted molar refractivity (Wildman–Crippen MR) is 118 cm³/mol. The zero-order valence-corrected chi connectivity index (χ0v) is 17.7. The van der Waals surface area contributed by atoms with Crippen LogP contribution in [0.5, 0.6) is 0 Å². The van der Waals surface area contributed by atoms with Gasteiger partial charge in [0.1, 0.15) is 5.75 Å². The third-order valence-corrected chi connectivity index (χ3v) is 7.97. The van der Waals surface area contributed by atoms with Crippen molar-refractivity contribution in [1.82, 2.24) is 0 Å². The van der Waals surface area contributed by atoms with Gasteiger partial charge in [-0.1, -0.05) is 60.7 Å². The zero-order chi connectivity index (χ0) is 21.8. The first kappa shape index (κ1) is 19.5. The second-order valence-corrected chi connectivity index (χ2v) is 9.97. The number of rotatable bonds is 3. The van der Waals surface area contributed by atoms with Crippen molar-refractivity contribution in [3.63, 3.8) is 0 Å². The van der Waals surface area contributed by atoms with Gasteiger partial charge in [0, 0.05) is 11.3 Å². The normalized spacial score (nSPS) is 21.7. The fraction of sp³-hybridized carbons (Fsp3) is 0.167. The van der Waals surface area contributed by atoms with Gasteiger partial charge < -0.3 is 4.90 Å². The predicted octanol–water partition coefficient (Wildman–Crippen LogP) is 3.16. The molecule has 2 aliphatic heterocycles. The maximum atomic E-state index is 14.0. The highest BCUT2D eigenvalue weighted by molar-refractivity contribution is 7.94. The van der Waals surface area contributed by atoms with Crippen molar-refractivity contribution in [3.05, 3.63) is 95.6 Å². The van der Waals surface area contributed by atoms with E-state index in [2.05, 4.69) is 0 Å². The van der Waals surface area contributed by atoms with Crippen LogP contribution in [-0.4, -0.2) is 26.0 Å². The molecule has 1 unspecified atom stereocenters. The van der Waals surface area contributed by atoms with Crippen LogP contribution in [0.4, 0.5) is 11.4 Å². The number of sulfone groups is 1. The van der Waals surface area contributed by atoms with E-state index in [-0.39, 0.29) is 6.54 Å². The Hall–Kier alpha value is -3.45. The lowest BCUT2D eigenvalue weighted by Crippen LogP contribution is -2.54. The molecular weight excluding hydrogens is 412 g/mol. The molecule has 0 N–H and O–H groups in total. The molecule has 0 aliphatic carbocycles. The molecule has 2 amide bonds. The van der Waals surface area contributed by atoms with E-state index in [0.29, 0.717) is 16.9 Å². The number of carbonyl (C=O) groups excluding carboxylic acids is 2. The van der Waals surface area contributed by atoms with Crippen LogP contribution < -0.4 is 9.80 Å². The summed E-state index contributed by atoms with van der Waals surface area (Å²) in [4.78, 5) is 27.6. The lowest BCUT2D eigenvalue weighted by atomic mass is 10.0. The number of fused-ring (bicyclic) bond motifs is 2. The van der Waals surface area contributed by atoms with E-state index in [1.54, 1.807) is 42.5 Å².